The van der Waals surface area contributed by atoms with Gasteiger partial charge < -0.3 is 20.2 Å². The quantitative estimate of drug-likeness (QED) is 0.785. The maximum Gasteiger partial charge on any atom is 0.173 e. The second-order valence-electron chi connectivity index (χ2n) is 5.70. The molecule has 0 amide bonds. The average molecular weight is 314 g/mol. The molecule has 1 fully saturated rings. The maximum atomic E-state index is 9.92. The topological polar surface area (TPSA) is 51.1 Å². The molecule has 1 aromatic carbocycles. The number of rotatable bonds is 0. The molecule has 0 spiro atoms. The molecule has 2 aliphatic heterocycles. The van der Waals surface area contributed by atoms with Crippen LogP contribution in [0.3, 0.4) is 0 Å². The van der Waals surface area contributed by atoms with Crippen LogP contribution in [0.25, 0.3) is 0 Å². The second kappa shape index (κ2) is 5.30. The molecule has 0 radical (unpaired) electrons. The molecule has 114 valence electrons. The van der Waals surface area contributed by atoms with E-state index in [9.17, 15) is 5.11 Å². The third kappa shape index (κ3) is 2.34. The number of anilines is 2. The normalized spacial score (nSPS) is 18.0. The molecule has 0 atom stereocenters. The van der Waals surface area contributed by atoms with Crippen LogP contribution < -0.4 is 5.32 Å². The zero-order valence-electron chi connectivity index (χ0n) is 12.4. The third-order valence-corrected chi connectivity index (χ3v) is 4.99. The summed E-state index contributed by atoms with van der Waals surface area (Å²) >= 11 is 1.36. The number of hydrogen-bond acceptors (Lipinski definition) is 6. The van der Waals surface area contributed by atoms with E-state index in [1.165, 1.54) is 11.3 Å². The summed E-state index contributed by atoms with van der Waals surface area (Å²) in [6.45, 7) is 3.96. The summed E-state index contributed by atoms with van der Waals surface area (Å²) in [7, 11) is 2.14. The van der Waals surface area contributed by atoms with E-state index in [0.29, 0.717) is 5.06 Å². The number of nitrogens with zero attached hydrogens (tertiary/aromatic N) is 3. The molecule has 2 aliphatic rings. The fraction of sp³-hybridized carbons (Fsp3) is 0.312. The summed E-state index contributed by atoms with van der Waals surface area (Å²) in [5, 5.41) is 14.6. The first-order chi connectivity index (χ1) is 10.7. The monoisotopic (exact) mass is 314 g/mol. The minimum atomic E-state index is 0.318. The summed E-state index contributed by atoms with van der Waals surface area (Å²) in [6, 6.07) is 9.86. The first-order valence-corrected chi connectivity index (χ1v) is 8.24. The molecular formula is C16H18N4OS. The Balaban J connectivity index is 1.81. The lowest BCUT2D eigenvalue weighted by molar-refractivity contribution is 0.216. The predicted octanol–water partition coefficient (Wildman–Crippen LogP) is 2.84. The molecule has 22 heavy (non-hydrogen) atoms. The summed E-state index contributed by atoms with van der Waals surface area (Å²) in [5.41, 5.74) is 2.91. The van der Waals surface area contributed by atoms with E-state index in [4.69, 9.17) is 4.99 Å². The van der Waals surface area contributed by atoms with Gasteiger partial charge in [-0.15, -0.1) is 0 Å². The van der Waals surface area contributed by atoms with Crippen LogP contribution in [0.15, 0.2) is 35.3 Å². The Morgan fingerprint density at radius 1 is 1.18 bits per heavy atom. The van der Waals surface area contributed by atoms with Gasteiger partial charge in [-0.2, -0.15) is 0 Å². The summed E-state index contributed by atoms with van der Waals surface area (Å²) in [5.74, 6) is 0.956. The van der Waals surface area contributed by atoms with Crippen molar-refractivity contribution < 1.29 is 5.11 Å². The SMILES string of the molecule is CN1CCN(C2=Nc3ccccc3Nc3sc(O)cc32)CC1. The van der Waals surface area contributed by atoms with Crippen LogP contribution in [0.1, 0.15) is 5.56 Å². The number of piperazine rings is 1. The molecule has 6 heteroatoms. The number of aliphatic imine (C=N–C) groups is 1. The molecule has 4 rings (SSSR count). The number of benzene rings is 1. The van der Waals surface area contributed by atoms with Gasteiger partial charge in [0.2, 0.25) is 0 Å². The second-order valence-corrected chi connectivity index (χ2v) is 6.73. The zero-order chi connectivity index (χ0) is 15.1. The van der Waals surface area contributed by atoms with Gasteiger partial charge in [0.25, 0.3) is 0 Å². The molecule has 0 bridgehead atoms. The van der Waals surface area contributed by atoms with E-state index in [1.54, 1.807) is 0 Å². The van der Waals surface area contributed by atoms with Crippen molar-refractivity contribution in [3.8, 4) is 5.06 Å². The molecule has 0 aliphatic carbocycles. The van der Waals surface area contributed by atoms with E-state index in [2.05, 4.69) is 22.2 Å². The van der Waals surface area contributed by atoms with Gasteiger partial charge in [-0.05, 0) is 19.2 Å². The Bertz CT molecular complexity index is 731. The highest BCUT2D eigenvalue weighted by Crippen LogP contribution is 2.41. The van der Waals surface area contributed by atoms with Crippen molar-refractivity contribution in [2.75, 3.05) is 38.5 Å². The van der Waals surface area contributed by atoms with E-state index in [0.717, 1.165) is 54.0 Å². The van der Waals surface area contributed by atoms with Gasteiger partial charge in [0, 0.05) is 32.2 Å². The van der Waals surface area contributed by atoms with Crippen LogP contribution in [0.5, 0.6) is 5.06 Å². The van der Waals surface area contributed by atoms with Crippen molar-refractivity contribution >= 4 is 33.5 Å². The Kier molecular flexibility index (Phi) is 3.28. The molecule has 1 saturated heterocycles. The molecule has 2 aromatic rings. The Labute approximate surface area is 133 Å². The molecule has 3 heterocycles. The number of nitrogens with one attached hydrogen (secondary N) is 1. The van der Waals surface area contributed by atoms with Crippen molar-refractivity contribution in [3.63, 3.8) is 0 Å². The van der Waals surface area contributed by atoms with Crippen molar-refractivity contribution in [2.45, 2.75) is 0 Å². The van der Waals surface area contributed by atoms with Gasteiger partial charge in [0.15, 0.2) is 5.06 Å². The third-order valence-electron chi connectivity index (χ3n) is 4.14. The van der Waals surface area contributed by atoms with Crippen LogP contribution in [-0.4, -0.2) is 54.0 Å². The minimum Gasteiger partial charge on any atom is -0.499 e. The smallest absolute Gasteiger partial charge is 0.173 e. The number of hydrogen-bond donors (Lipinski definition) is 2. The number of fused-ring (bicyclic) bond motifs is 2. The van der Waals surface area contributed by atoms with Gasteiger partial charge in [-0.25, -0.2) is 4.99 Å². The van der Waals surface area contributed by atoms with Crippen molar-refractivity contribution in [2.24, 2.45) is 4.99 Å². The van der Waals surface area contributed by atoms with Crippen LogP contribution in [0.2, 0.25) is 0 Å². The van der Waals surface area contributed by atoms with Gasteiger partial charge in [0.1, 0.15) is 10.8 Å². The molecule has 2 N–H and O–H groups in total. The lowest BCUT2D eigenvalue weighted by Crippen LogP contribution is -2.47. The van der Waals surface area contributed by atoms with Crippen molar-refractivity contribution in [1.82, 2.24) is 9.80 Å². The molecule has 0 saturated carbocycles. The van der Waals surface area contributed by atoms with E-state index < -0.39 is 0 Å². The first-order valence-electron chi connectivity index (χ1n) is 7.42. The molecule has 0 unspecified atom stereocenters. The van der Waals surface area contributed by atoms with Crippen LogP contribution >= 0.6 is 11.3 Å². The van der Waals surface area contributed by atoms with Gasteiger partial charge >= 0.3 is 0 Å². The highest BCUT2D eigenvalue weighted by Gasteiger charge is 2.25. The highest BCUT2D eigenvalue weighted by atomic mass is 32.1. The highest BCUT2D eigenvalue weighted by molar-refractivity contribution is 7.18. The average Bonchev–Trinajstić information content (AvgIpc) is 2.80. The summed E-state index contributed by atoms with van der Waals surface area (Å²) in [6.07, 6.45) is 0. The largest absolute Gasteiger partial charge is 0.499 e. The minimum absolute atomic E-state index is 0.318. The number of aromatic hydroxyl groups is 1. The van der Waals surface area contributed by atoms with Crippen LogP contribution in [0.4, 0.5) is 16.4 Å². The number of para-hydroxylation sites is 2. The predicted molar refractivity (Wildman–Crippen MR) is 91.0 cm³/mol. The van der Waals surface area contributed by atoms with Crippen LogP contribution in [-0.2, 0) is 0 Å². The molecular weight excluding hydrogens is 296 g/mol. The fourth-order valence-corrected chi connectivity index (χ4v) is 3.68. The first kappa shape index (κ1) is 13.6. The Morgan fingerprint density at radius 2 is 1.95 bits per heavy atom. The number of likely N-dealkylation sites (N-methyl/N-ethyl adjacent to an activating group) is 1. The van der Waals surface area contributed by atoms with Gasteiger partial charge in [-0.1, -0.05) is 23.5 Å². The van der Waals surface area contributed by atoms with E-state index >= 15 is 0 Å². The lowest BCUT2D eigenvalue weighted by Gasteiger charge is -2.34. The number of amidine groups is 1. The molecule has 5 nitrogen and oxygen atoms in total. The summed E-state index contributed by atoms with van der Waals surface area (Å²) < 4.78 is 0. The molecule has 1 aromatic heterocycles. The fourth-order valence-electron chi connectivity index (χ4n) is 2.87. The van der Waals surface area contributed by atoms with Crippen LogP contribution in [0, 0.1) is 0 Å². The van der Waals surface area contributed by atoms with E-state index in [1.807, 2.05) is 30.3 Å². The van der Waals surface area contributed by atoms with Crippen molar-refractivity contribution in [3.05, 3.63) is 35.9 Å². The Hall–Kier alpha value is -2.05. The lowest BCUT2D eigenvalue weighted by atomic mass is 10.2. The standard InChI is InChI=1S/C16H18N4OS/c1-19-6-8-20(9-7-19)15-11-10-14(21)22-16(11)18-13-5-3-2-4-12(13)17-15/h2-5,10,18,21H,6-9H2,1H3. The zero-order valence-corrected chi connectivity index (χ0v) is 13.2. The number of thiophene rings is 1. The van der Waals surface area contributed by atoms with Gasteiger partial charge in [-0.3, -0.25) is 0 Å². The van der Waals surface area contributed by atoms with E-state index in [-0.39, 0.29) is 0 Å². The van der Waals surface area contributed by atoms with Crippen molar-refractivity contribution in [1.29, 1.82) is 0 Å². The summed E-state index contributed by atoms with van der Waals surface area (Å²) in [4.78, 5) is 9.54. The maximum absolute atomic E-state index is 9.92. The Morgan fingerprint density at radius 3 is 2.77 bits per heavy atom. The van der Waals surface area contributed by atoms with Gasteiger partial charge in [0.05, 0.1) is 16.9 Å².